The van der Waals surface area contributed by atoms with E-state index >= 15 is 0 Å². The number of aliphatic hydroxyl groups is 1. The number of hydrogen-bond donors (Lipinski definition) is 2. The van der Waals surface area contributed by atoms with Crippen LogP contribution in [0.5, 0.6) is 0 Å². The number of hydrogen-bond acceptors (Lipinski definition) is 5. The molecule has 4 heterocycles. The molecule has 3 aliphatic heterocycles. The van der Waals surface area contributed by atoms with E-state index in [1.807, 2.05) is 29.9 Å². The second-order valence-corrected chi connectivity index (χ2v) is 9.50. The highest BCUT2D eigenvalue weighted by atomic mass is 16.3. The van der Waals surface area contributed by atoms with Crippen LogP contribution >= 0.6 is 0 Å². The number of benzene rings is 1. The molecule has 0 spiro atoms. The van der Waals surface area contributed by atoms with E-state index in [0.717, 1.165) is 37.4 Å². The van der Waals surface area contributed by atoms with Crippen LogP contribution in [0, 0.1) is 0 Å². The van der Waals surface area contributed by atoms with E-state index in [0.29, 0.717) is 19.4 Å². The molecule has 7 nitrogen and oxygen atoms in total. The van der Waals surface area contributed by atoms with Crippen molar-refractivity contribution in [2.45, 2.75) is 62.6 Å². The summed E-state index contributed by atoms with van der Waals surface area (Å²) in [5.74, 6) is 0.757. The van der Waals surface area contributed by atoms with Crippen molar-refractivity contribution in [2.24, 2.45) is 7.05 Å². The molecule has 0 aliphatic carbocycles. The lowest BCUT2D eigenvalue weighted by molar-refractivity contribution is -0.121. The minimum absolute atomic E-state index is 0.0186. The van der Waals surface area contributed by atoms with Gasteiger partial charge in [-0.15, -0.1) is 0 Å². The van der Waals surface area contributed by atoms with Crippen LogP contribution in [0.1, 0.15) is 50.8 Å². The van der Waals surface area contributed by atoms with Gasteiger partial charge in [-0.3, -0.25) is 9.69 Å². The van der Waals surface area contributed by atoms with Crippen LogP contribution in [-0.2, 0) is 17.4 Å². The van der Waals surface area contributed by atoms with Gasteiger partial charge in [-0.05, 0) is 69.2 Å². The Balaban J connectivity index is 1.19. The van der Waals surface area contributed by atoms with Crippen LogP contribution in [-0.4, -0.2) is 57.2 Å². The van der Waals surface area contributed by atoms with Crippen molar-refractivity contribution in [2.75, 3.05) is 29.9 Å². The highest BCUT2D eigenvalue weighted by Gasteiger charge is 2.50. The van der Waals surface area contributed by atoms with Crippen molar-refractivity contribution in [1.29, 1.82) is 0 Å². The predicted octanol–water partition coefficient (Wildman–Crippen LogP) is 2.86. The Morgan fingerprint density at radius 2 is 1.81 bits per heavy atom. The third-order valence-electron chi connectivity index (χ3n) is 7.35. The monoisotopic (exact) mass is 423 g/mol. The van der Waals surface area contributed by atoms with E-state index in [1.165, 1.54) is 24.9 Å². The van der Waals surface area contributed by atoms with Crippen molar-refractivity contribution >= 4 is 17.3 Å². The topological polar surface area (TPSA) is 73.6 Å². The minimum atomic E-state index is -0.901. The molecule has 0 radical (unpaired) electrons. The maximum absolute atomic E-state index is 12.8. The second-order valence-electron chi connectivity index (χ2n) is 9.50. The van der Waals surface area contributed by atoms with Gasteiger partial charge in [0.05, 0.1) is 6.54 Å². The zero-order chi connectivity index (χ0) is 21.4. The lowest BCUT2D eigenvalue weighted by atomic mass is 9.85. The van der Waals surface area contributed by atoms with Gasteiger partial charge in [0.15, 0.2) is 0 Å². The molecule has 1 amide bonds. The summed E-state index contributed by atoms with van der Waals surface area (Å²) in [4.78, 5) is 21.9. The van der Waals surface area contributed by atoms with Gasteiger partial charge in [-0.25, -0.2) is 4.98 Å². The van der Waals surface area contributed by atoms with Crippen LogP contribution in [0.4, 0.5) is 11.4 Å². The van der Waals surface area contributed by atoms with Crippen molar-refractivity contribution in [1.82, 2.24) is 14.5 Å². The van der Waals surface area contributed by atoms with Gasteiger partial charge in [-0.1, -0.05) is 0 Å². The fourth-order valence-corrected chi connectivity index (χ4v) is 5.84. The molecule has 3 saturated heterocycles. The third-order valence-corrected chi connectivity index (χ3v) is 7.35. The second kappa shape index (κ2) is 8.28. The molecule has 3 aliphatic rings. The summed E-state index contributed by atoms with van der Waals surface area (Å²) in [5, 5.41) is 14.4. The van der Waals surface area contributed by atoms with Crippen LogP contribution < -0.4 is 10.2 Å². The normalized spacial score (nSPS) is 28.6. The van der Waals surface area contributed by atoms with Gasteiger partial charge in [-0.2, -0.15) is 0 Å². The minimum Gasteiger partial charge on any atom is -0.382 e. The van der Waals surface area contributed by atoms with Crippen molar-refractivity contribution in [3.63, 3.8) is 0 Å². The number of fused-ring (bicyclic) bond motifs is 2. The molecule has 31 heavy (non-hydrogen) atoms. The number of amides is 1. The van der Waals surface area contributed by atoms with Gasteiger partial charge >= 0.3 is 0 Å². The summed E-state index contributed by atoms with van der Waals surface area (Å²) in [6.07, 6.45) is 10.8. The number of piperidine rings is 2. The molecule has 2 atom stereocenters. The number of nitrogens with one attached hydrogen (secondary N) is 1. The first-order valence-electron chi connectivity index (χ1n) is 11.6. The van der Waals surface area contributed by atoms with E-state index in [1.54, 1.807) is 6.20 Å². The van der Waals surface area contributed by atoms with Crippen LogP contribution in [0.2, 0.25) is 0 Å². The van der Waals surface area contributed by atoms with Crippen molar-refractivity contribution < 1.29 is 9.90 Å². The number of anilines is 2. The summed E-state index contributed by atoms with van der Waals surface area (Å²) in [6.45, 7) is 2.61. The van der Waals surface area contributed by atoms with Gasteiger partial charge in [0.2, 0.25) is 5.91 Å². The Morgan fingerprint density at radius 1 is 1.13 bits per heavy atom. The summed E-state index contributed by atoms with van der Waals surface area (Å²) >= 11 is 0. The lowest BCUT2D eigenvalue weighted by Gasteiger charge is -2.43. The molecule has 5 rings (SSSR count). The first-order valence-corrected chi connectivity index (χ1v) is 11.6. The quantitative estimate of drug-likeness (QED) is 0.774. The van der Waals surface area contributed by atoms with Crippen LogP contribution in [0.3, 0.4) is 0 Å². The fraction of sp³-hybridized carbons (Fsp3) is 0.583. The number of aryl methyl sites for hydroxylation is 1. The zero-order valence-corrected chi connectivity index (χ0v) is 18.3. The number of nitrogens with zero attached hydrogens (tertiary/aromatic N) is 4. The molecule has 1 aromatic heterocycles. The van der Waals surface area contributed by atoms with Gasteiger partial charge in [0.1, 0.15) is 11.4 Å². The first kappa shape index (κ1) is 20.5. The third kappa shape index (κ3) is 4.08. The maximum atomic E-state index is 12.8. The SMILES string of the molecule is Cn1ccnc1C1(O)C[C@H]2CC[C@H](C1)N2CC(=O)Nc1ccc(N2CCCCC2)cc1. The molecule has 166 valence electrons. The molecule has 1 aromatic carbocycles. The molecule has 2 aromatic rings. The number of imidazole rings is 1. The summed E-state index contributed by atoms with van der Waals surface area (Å²) < 4.78 is 1.91. The standard InChI is InChI=1S/C24H33N5O2/c1-27-14-11-25-23(27)24(31)15-20-9-10-21(16-24)29(20)17-22(30)26-18-5-7-19(8-6-18)28-12-3-2-4-13-28/h5-8,11,14,20-21,31H,2-4,9-10,12-13,15-17H2,1H3,(H,26,30)/t20-,21-/m1/s1. The maximum Gasteiger partial charge on any atom is 0.238 e. The molecule has 0 saturated carbocycles. The molecule has 2 N–H and O–H groups in total. The fourth-order valence-electron chi connectivity index (χ4n) is 5.84. The highest BCUT2D eigenvalue weighted by Crippen LogP contribution is 2.45. The average Bonchev–Trinajstić information content (AvgIpc) is 3.31. The van der Waals surface area contributed by atoms with Gasteiger partial charge in [0.25, 0.3) is 0 Å². The number of rotatable bonds is 5. The van der Waals surface area contributed by atoms with E-state index in [4.69, 9.17) is 0 Å². The molecule has 7 heteroatoms. The van der Waals surface area contributed by atoms with E-state index < -0.39 is 5.60 Å². The number of carbonyl (C=O) groups excluding carboxylic acids is 1. The van der Waals surface area contributed by atoms with E-state index in [9.17, 15) is 9.90 Å². The highest BCUT2D eigenvalue weighted by molar-refractivity contribution is 5.92. The molecule has 3 fully saturated rings. The first-order chi connectivity index (χ1) is 15.0. The van der Waals surface area contributed by atoms with Crippen molar-refractivity contribution in [3.05, 3.63) is 42.5 Å². The molecule has 2 bridgehead atoms. The summed E-state index contributed by atoms with van der Waals surface area (Å²) in [5.41, 5.74) is 1.18. The van der Waals surface area contributed by atoms with Crippen LogP contribution in [0.15, 0.2) is 36.7 Å². The summed E-state index contributed by atoms with van der Waals surface area (Å²) in [7, 11) is 1.93. The Morgan fingerprint density at radius 3 is 2.42 bits per heavy atom. The predicted molar refractivity (Wildman–Crippen MR) is 121 cm³/mol. The Hall–Kier alpha value is -2.38. The Labute approximate surface area is 184 Å². The van der Waals surface area contributed by atoms with E-state index in [-0.39, 0.29) is 18.0 Å². The largest absolute Gasteiger partial charge is 0.382 e. The lowest BCUT2D eigenvalue weighted by Crippen LogP contribution is -2.52. The molecular weight excluding hydrogens is 390 g/mol. The molecular formula is C24H33N5O2. The van der Waals surface area contributed by atoms with Crippen molar-refractivity contribution in [3.8, 4) is 0 Å². The smallest absolute Gasteiger partial charge is 0.238 e. The van der Waals surface area contributed by atoms with Gasteiger partial charge in [0, 0.05) is 56.0 Å². The van der Waals surface area contributed by atoms with Gasteiger partial charge < -0.3 is 19.9 Å². The number of carbonyl (C=O) groups is 1. The average molecular weight is 424 g/mol. The Bertz CT molecular complexity index is 904. The zero-order valence-electron chi connectivity index (χ0n) is 18.3. The molecule has 0 unspecified atom stereocenters. The summed E-state index contributed by atoms with van der Waals surface area (Å²) in [6, 6.07) is 8.66. The van der Waals surface area contributed by atoms with E-state index in [2.05, 4.69) is 32.2 Å². The number of aromatic nitrogens is 2. The Kier molecular flexibility index (Phi) is 5.48. The van der Waals surface area contributed by atoms with Crippen LogP contribution in [0.25, 0.3) is 0 Å².